The largest absolute Gasteiger partial charge is 0.359 e. The molecule has 4 heteroatoms. The molecule has 0 aromatic carbocycles. The van der Waals surface area contributed by atoms with Crippen LogP contribution < -0.4 is 0 Å². The summed E-state index contributed by atoms with van der Waals surface area (Å²) in [6.45, 7) is 0. The molecule has 1 fully saturated rings. The molecule has 1 atom stereocenters. The lowest BCUT2D eigenvalue weighted by molar-refractivity contribution is 0.111. The van der Waals surface area contributed by atoms with Gasteiger partial charge in [0.2, 0.25) is 0 Å². The van der Waals surface area contributed by atoms with Gasteiger partial charge < -0.3 is 4.52 Å². The van der Waals surface area contributed by atoms with Crippen LogP contribution in [0.25, 0.3) is 0 Å². The molecule has 70 valence electrons. The number of thioether (sulfide) groups is 1. The van der Waals surface area contributed by atoms with Crippen LogP contribution in [0.1, 0.15) is 40.8 Å². The molecule has 2 rings (SSSR count). The summed E-state index contributed by atoms with van der Waals surface area (Å²) in [6, 6.07) is 1.75. The highest BCUT2D eigenvalue weighted by molar-refractivity contribution is 7.99. The molecule has 1 aromatic rings. The maximum absolute atomic E-state index is 10.4. The van der Waals surface area contributed by atoms with Crippen LogP contribution in [0.4, 0.5) is 0 Å². The van der Waals surface area contributed by atoms with E-state index in [0.29, 0.717) is 10.9 Å². The fourth-order valence-corrected chi connectivity index (χ4v) is 2.74. The van der Waals surface area contributed by atoms with Gasteiger partial charge in [0.1, 0.15) is 11.5 Å². The Morgan fingerprint density at radius 1 is 1.62 bits per heavy atom. The van der Waals surface area contributed by atoms with Crippen LogP contribution in [0.3, 0.4) is 0 Å². The molecule has 1 aliphatic heterocycles. The average molecular weight is 197 g/mol. The van der Waals surface area contributed by atoms with Crippen LogP contribution in [-0.2, 0) is 0 Å². The summed E-state index contributed by atoms with van der Waals surface area (Å²) < 4.78 is 5.09. The van der Waals surface area contributed by atoms with Gasteiger partial charge in [-0.15, -0.1) is 0 Å². The zero-order chi connectivity index (χ0) is 9.10. The van der Waals surface area contributed by atoms with Crippen LogP contribution in [-0.4, -0.2) is 17.2 Å². The van der Waals surface area contributed by atoms with E-state index in [9.17, 15) is 4.79 Å². The van der Waals surface area contributed by atoms with Crippen molar-refractivity contribution in [3.63, 3.8) is 0 Å². The van der Waals surface area contributed by atoms with Crippen LogP contribution in [0, 0.1) is 0 Å². The van der Waals surface area contributed by atoms with E-state index in [-0.39, 0.29) is 0 Å². The van der Waals surface area contributed by atoms with Gasteiger partial charge in [-0.05, 0) is 18.6 Å². The molecule has 3 nitrogen and oxygen atoms in total. The van der Waals surface area contributed by atoms with Crippen molar-refractivity contribution in [1.29, 1.82) is 0 Å². The molecule has 13 heavy (non-hydrogen) atoms. The molecular formula is C9H11NO2S. The molecule has 0 bridgehead atoms. The van der Waals surface area contributed by atoms with Crippen LogP contribution in [0.2, 0.25) is 0 Å². The molecular weight excluding hydrogens is 186 g/mol. The molecule has 1 saturated heterocycles. The Morgan fingerprint density at radius 2 is 2.54 bits per heavy atom. The lowest BCUT2D eigenvalue weighted by Crippen LogP contribution is -2.00. The minimum Gasteiger partial charge on any atom is -0.359 e. The maximum Gasteiger partial charge on any atom is 0.171 e. The first-order chi connectivity index (χ1) is 6.40. The highest BCUT2D eigenvalue weighted by Crippen LogP contribution is 2.38. The Morgan fingerprint density at radius 3 is 3.15 bits per heavy atom. The van der Waals surface area contributed by atoms with Gasteiger partial charge in [-0.2, -0.15) is 11.8 Å². The van der Waals surface area contributed by atoms with E-state index in [1.165, 1.54) is 18.6 Å². The van der Waals surface area contributed by atoms with Crippen molar-refractivity contribution in [2.24, 2.45) is 0 Å². The van der Waals surface area contributed by atoms with Crippen molar-refractivity contribution >= 4 is 18.0 Å². The molecule has 0 saturated carbocycles. The van der Waals surface area contributed by atoms with Crippen molar-refractivity contribution in [2.75, 3.05) is 5.75 Å². The van der Waals surface area contributed by atoms with E-state index in [2.05, 4.69) is 5.16 Å². The number of nitrogens with zero attached hydrogens (tertiary/aromatic N) is 1. The van der Waals surface area contributed by atoms with Gasteiger partial charge in [-0.3, -0.25) is 4.79 Å². The first-order valence-corrected chi connectivity index (χ1v) is 5.48. The minimum absolute atomic E-state index is 0.404. The highest BCUT2D eigenvalue weighted by atomic mass is 32.2. The number of aldehydes is 1. The number of carbonyl (C=O) groups is 1. The highest BCUT2D eigenvalue weighted by Gasteiger charge is 2.20. The summed E-state index contributed by atoms with van der Waals surface area (Å²) in [7, 11) is 0. The molecule has 1 aromatic heterocycles. The first kappa shape index (κ1) is 8.81. The zero-order valence-corrected chi connectivity index (χ0v) is 8.05. The van der Waals surface area contributed by atoms with Crippen LogP contribution in [0.15, 0.2) is 10.6 Å². The van der Waals surface area contributed by atoms with Crippen LogP contribution in [0.5, 0.6) is 0 Å². The minimum atomic E-state index is 0.404. The Labute approximate surface area is 80.9 Å². The topological polar surface area (TPSA) is 43.1 Å². The second-order valence-electron chi connectivity index (χ2n) is 3.13. The lowest BCUT2D eigenvalue weighted by Gasteiger charge is -2.17. The van der Waals surface area contributed by atoms with Gasteiger partial charge >= 0.3 is 0 Å². The first-order valence-electron chi connectivity index (χ1n) is 4.43. The lowest BCUT2D eigenvalue weighted by atomic mass is 10.1. The second-order valence-corrected chi connectivity index (χ2v) is 4.44. The van der Waals surface area contributed by atoms with E-state index >= 15 is 0 Å². The number of hydrogen-bond donors (Lipinski definition) is 0. The predicted octanol–water partition coefficient (Wildman–Crippen LogP) is 2.45. The molecule has 1 unspecified atom stereocenters. The SMILES string of the molecule is O=Cc1cc(C2CCCCS2)on1. The molecule has 0 amide bonds. The molecule has 0 N–H and O–H groups in total. The molecule has 0 spiro atoms. The Balaban J connectivity index is 2.09. The molecule has 2 heterocycles. The van der Waals surface area contributed by atoms with E-state index in [1.807, 2.05) is 11.8 Å². The van der Waals surface area contributed by atoms with Crippen molar-refractivity contribution in [2.45, 2.75) is 24.5 Å². The molecule has 0 radical (unpaired) electrons. The number of hydrogen-bond acceptors (Lipinski definition) is 4. The van der Waals surface area contributed by atoms with E-state index in [0.717, 1.165) is 18.5 Å². The normalized spacial score (nSPS) is 22.9. The summed E-state index contributed by atoms with van der Waals surface area (Å²) in [5, 5.41) is 4.07. The average Bonchev–Trinajstić information content (AvgIpc) is 2.67. The summed E-state index contributed by atoms with van der Waals surface area (Å²) >= 11 is 1.89. The smallest absolute Gasteiger partial charge is 0.171 e. The summed E-state index contributed by atoms with van der Waals surface area (Å²) in [4.78, 5) is 10.4. The number of carbonyl (C=O) groups excluding carboxylic acids is 1. The quantitative estimate of drug-likeness (QED) is 0.683. The monoisotopic (exact) mass is 197 g/mol. The zero-order valence-electron chi connectivity index (χ0n) is 7.23. The van der Waals surface area contributed by atoms with Gasteiger partial charge in [0.15, 0.2) is 6.29 Å². The summed E-state index contributed by atoms with van der Waals surface area (Å²) in [5.41, 5.74) is 0.404. The van der Waals surface area contributed by atoms with Gasteiger partial charge in [0.25, 0.3) is 0 Å². The molecule has 0 aliphatic carbocycles. The number of aromatic nitrogens is 1. The third kappa shape index (κ3) is 1.94. The Bertz CT molecular complexity index is 292. The standard InChI is InChI=1S/C9H11NO2S/c11-6-7-5-8(12-10-7)9-3-1-2-4-13-9/h5-6,9H,1-4H2. The van der Waals surface area contributed by atoms with Gasteiger partial charge in [-0.1, -0.05) is 11.6 Å². The molecule has 1 aliphatic rings. The third-order valence-corrected chi connectivity index (χ3v) is 3.56. The Hall–Kier alpha value is -0.770. The predicted molar refractivity (Wildman–Crippen MR) is 50.9 cm³/mol. The van der Waals surface area contributed by atoms with Crippen molar-refractivity contribution in [1.82, 2.24) is 5.16 Å². The van der Waals surface area contributed by atoms with Gasteiger partial charge in [-0.25, -0.2) is 0 Å². The van der Waals surface area contributed by atoms with Crippen molar-refractivity contribution in [3.05, 3.63) is 17.5 Å². The summed E-state index contributed by atoms with van der Waals surface area (Å²) in [5.74, 6) is 2.04. The van der Waals surface area contributed by atoms with E-state index in [4.69, 9.17) is 4.52 Å². The van der Waals surface area contributed by atoms with E-state index in [1.54, 1.807) is 6.07 Å². The fraction of sp³-hybridized carbons (Fsp3) is 0.556. The summed E-state index contributed by atoms with van der Waals surface area (Å²) in [6.07, 6.45) is 4.39. The van der Waals surface area contributed by atoms with E-state index < -0.39 is 0 Å². The van der Waals surface area contributed by atoms with Gasteiger partial charge in [0, 0.05) is 6.07 Å². The van der Waals surface area contributed by atoms with Gasteiger partial charge in [0.05, 0.1) is 5.25 Å². The second kappa shape index (κ2) is 3.96. The fourth-order valence-electron chi connectivity index (χ4n) is 1.48. The van der Waals surface area contributed by atoms with Crippen molar-refractivity contribution in [3.8, 4) is 0 Å². The third-order valence-electron chi connectivity index (χ3n) is 2.16. The Kier molecular flexibility index (Phi) is 2.68. The maximum atomic E-state index is 10.4. The van der Waals surface area contributed by atoms with Crippen molar-refractivity contribution < 1.29 is 9.32 Å². The number of rotatable bonds is 2. The van der Waals surface area contributed by atoms with Crippen LogP contribution >= 0.6 is 11.8 Å².